The summed E-state index contributed by atoms with van der Waals surface area (Å²) in [5.74, 6) is 0.640. The summed E-state index contributed by atoms with van der Waals surface area (Å²) in [6.45, 7) is 2.08. The highest BCUT2D eigenvalue weighted by Gasteiger charge is 2.42. The highest BCUT2D eigenvalue weighted by Crippen LogP contribution is 2.47. The number of benzene rings is 2. The van der Waals surface area contributed by atoms with E-state index in [2.05, 4.69) is 17.4 Å². The summed E-state index contributed by atoms with van der Waals surface area (Å²) < 4.78 is 17.2. The van der Waals surface area contributed by atoms with Gasteiger partial charge in [0, 0.05) is 29.3 Å². The molecule has 186 valence electrons. The molecule has 2 heterocycles. The zero-order valence-corrected chi connectivity index (χ0v) is 20.5. The lowest BCUT2D eigenvalue weighted by molar-refractivity contribution is -0.146. The molecule has 2 aliphatic heterocycles. The van der Waals surface area contributed by atoms with Crippen molar-refractivity contribution in [2.24, 2.45) is 0 Å². The van der Waals surface area contributed by atoms with E-state index in [1.807, 2.05) is 43.3 Å². The summed E-state index contributed by atoms with van der Waals surface area (Å²) in [5.41, 5.74) is 4.83. The molecule has 1 saturated carbocycles. The van der Waals surface area contributed by atoms with Gasteiger partial charge in [-0.25, -0.2) is 4.79 Å². The van der Waals surface area contributed by atoms with Gasteiger partial charge in [0.1, 0.15) is 6.10 Å². The van der Waals surface area contributed by atoms with E-state index in [4.69, 9.17) is 14.2 Å². The van der Waals surface area contributed by atoms with E-state index >= 15 is 0 Å². The van der Waals surface area contributed by atoms with Crippen LogP contribution in [-0.4, -0.2) is 24.6 Å². The monoisotopic (exact) mass is 485 g/mol. The van der Waals surface area contributed by atoms with Crippen molar-refractivity contribution in [2.75, 3.05) is 6.79 Å². The lowest BCUT2D eigenvalue weighted by Gasteiger charge is -2.37. The van der Waals surface area contributed by atoms with Crippen LogP contribution in [0.5, 0.6) is 11.5 Å². The van der Waals surface area contributed by atoms with E-state index in [0.29, 0.717) is 35.5 Å². The van der Waals surface area contributed by atoms with E-state index < -0.39 is 5.92 Å². The van der Waals surface area contributed by atoms with Crippen LogP contribution in [0, 0.1) is 0 Å². The van der Waals surface area contributed by atoms with Crippen LogP contribution >= 0.6 is 0 Å². The minimum Gasteiger partial charge on any atom is -0.459 e. The Hall–Kier alpha value is -3.54. The van der Waals surface area contributed by atoms with E-state index in [1.165, 1.54) is 6.42 Å². The molecule has 36 heavy (non-hydrogen) atoms. The number of carbonyl (C=O) groups is 2. The van der Waals surface area contributed by atoms with Crippen molar-refractivity contribution in [1.29, 1.82) is 0 Å². The average molecular weight is 486 g/mol. The molecule has 0 bridgehead atoms. The highest BCUT2D eigenvalue weighted by molar-refractivity contribution is 6.04. The summed E-state index contributed by atoms with van der Waals surface area (Å²) in [5, 5.41) is 3.45. The number of fused-ring (bicyclic) bond motifs is 1. The molecule has 4 aliphatic rings. The van der Waals surface area contributed by atoms with Crippen LogP contribution in [0.25, 0.3) is 0 Å². The van der Waals surface area contributed by atoms with E-state index in [9.17, 15) is 9.59 Å². The van der Waals surface area contributed by atoms with Gasteiger partial charge in [-0.05, 0) is 68.2 Å². The van der Waals surface area contributed by atoms with E-state index in [1.54, 1.807) is 0 Å². The Kier molecular flexibility index (Phi) is 6.04. The average Bonchev–Trinajstić information content (AvgIpc) is 3.37. The molecular formula is C30H31NO5. The number of hydrogen-bond donors (Lipinski definition) is 1. The van der Waals surface area contributed by atoms with Crippen LogP contribution in [0.3, 0.4) is 0 Å². The second-order valence-corrected chi connectivity index (χ2v) is 10.2. The van der Waals surface area contributed by atoms with Gasteiger partial charge in [-0.3, -0.25) is 4.79 Å². The number of Topliss-reactive ketones (excluding diaryl/α,β-unsaturated/α-hetero) is 1. The Morgan fingerprint density at radius 3 is 2.53 bits per heavy atom. The first-order valence-electron chi connectivity index (χ1n) is 13.0. The molecule has 2 aliphatic carbocycles. The number of rotatable bonds is 4. The number of hydrogen-bond acceptors (Lipinski definition) is 6. The molecular weight excluding hydrogens is 454 g/mol. The topological polar surface area (TPSA) is 73.9 Å². The maximum Gasteiger partial charge on any atom is 0.337 e. The molecule has 0 saturated heterocycles. The van der Waals surface area contributed by atoms with Crippen molar-refractivity contribution in [3.63, 3.8) is 0 Å². The lowest BCUT2D eigenvalue weighted by atomic mass is 9.71. The van der Waals surface area contributed by atoms with Crippen LogP contribution in [0.2, 0.25) is 0 Å². The predicted octanol–water partition coefficient (Wildman–Crippen LogP) is 5.65. The second-order valence-electron chi connectivity index (χ2n) is 10.2. The van der Waals surface area contributed by atoms with Crippen molar-refractivity contribution in [3.05, 3.63) is 82.2 Å². The van der Waals surface area contributed by atoms with Gasteiger partial charge < -0.3 is 19.5 Å². The number of nitrogens with one attached hydrogen (secondary N) is 1. The first-order chi connectivity index (χ1) is 17.6. The first-order valence-corrected chi connectivity index (χ1v) is 13.0. The highest BCUT2D eigenvalue weighted by atomic mass is 16.7. The number of ketones is 1. The number of allylic oxidation sites excluding steroid dienone is 3. The van der Waals surface area contributed by atoms with Crippen molar-refractivity contribution >= 4 is 11.8 Å². The fraction of sp³-hybridized carbons (Fsp3) is 0.400. The molecule has 0 radical (unpaired) electrons. The molecule has 6 nitrogen and oxygen atoms in total. The largest absolute Gasteiger partial charge is 0.459 e. The van der Waals surface area contributed by atoms with Crippen molar-refractivity contribution in [2.45, 2.75) is 69.8 Å². The van der Waals surface area contributed by atoms with E-state index in [-0.39, 0.29) is 30.6 Å². The molecule has 2 aromatic rings. The third kappa shape index (κ3) is 4.19. The minimum atomic E-state index is -0.504. The Bertz CT molecular complexity index is 1260. The smallest absolute Gasteiger partial charge is 0.337 e. The van der Waals surface area contributed by atoms with Gasteiger partial charge in [0.15, 0.2) is 17.3 Å². The first kappa shape index (κ1) is 22.9. The van der Waals surface area contributed by atoms with Crippen molar-refractivity contribution in [1.82, 2.24) is 5.32 Å². The summed E-state index contributed by atoms with van der Waals surface area (Å²) in [6, 6.07) is 15.9. The molecule has 1 N–H and O–H groups in total. The summed E-state index contributed by atoms with van der Waals surface area (Å²) in [7, 11) is 0. The number of carbonyl (C=O) groups excluding carboxylic acids is 2. The molecule has 2 aromatic carbocycles. The fourth-order valence-corrected chi connectivity index (χ4v) is 6.09. The number of ether oxygens (including phenoxy) is 3. The molecule has 1 fully saturated rings. The molecule has 0 amide bonds. The fourth-order valence-electron chi connectivity index (χ4n) is 6.09. The van der Waals surface area contributed by atoms with Crippen molar-refractivity contribution < 1.29 is 23.8 Å². The zero-order valence-electron chi connectivity index (χ0n) is 20.5. The summed E-state index contributed by atoms with van der Waals surface area (Å²) >= 11 is 0. The van der Waals surface area contributed by atoms with Gasteiger partial charge in [-0.1, -0.05) is 42.8 Å². The van der Waals surface area contributed by atoms with E-state index in [0.717, 1.165) is 48.2 Å². The normalized spacial score (nSPS) is 23.9. The molecule has 6 heteroatoms. The van der Waals surface area contributed by atoms with Gasteiger partial charge >= 0.3 is 5.97 Å². The van der Waals surface area contributed by atoms with Crippen LogP contribution in [0.4, 0.5) is 0 Å². The van der Waals surface area contributed by atoms with Gasteiger partial charge in [0.25, 0.3) is 0 Å². The summed E-state index contributed by atoms with van der Waals surface area (Å²) in [4.78, 5) is 27.4. The molecule has 2 atom stereocenters. The number of esters is 1. The lowest BCUT2D eigenvalue weighted by Crippen LogP contribution is -2.37. The van der Waals surface area contributed by atoms with Crippen molar-refractivity contribution in [3.8, 4) is 11.5 Å². The van der Waals surface area contributed by atoms with Gasteiger partial charge in [0.2, 0.25) is 6.79 Å². The van der Waals surface area contributed by atoms with Crippen LogP contribution in [0.15, 0.2) is 71.1 Å². The zero-order chi connectivity index (χ0) is 24.6. The maximum atomic E-state index is 13.8. The predicted molar refractivity (Wildman–Crippen MR) is 135 cm³/mol. The third-order valence-electron chi connectivity index (χ3n) is 7.87. The number of dihydropyridines is 1. The molecule has 0 spiro atoms. The quantitative estimate of drug-likeness (QED) is 0.564. The van der Waals surface area contributed by atoms with Crippen LogP contribution in [0.1, 0.15) is 74.8 Å². The third-order valence-corrected chi connectivity index (χ3v) is 7.87. The standard InChI is InChI=1S/C30H31NO5/c1-18-27(30(33)36-22-10-6-3-7-11-22)28(20-12-13-25-26(16-20)35-17-34-25)29-23(31-18)14-21(15-24(29)32)19-8-4-2-5-9-19/h2,4-5,8-9,12-13,16,21-22,28,31H,3,6-7,10-11,14-15,17H2,1H3. The molecule has 6 rings (SSSR count). The minimum absolute atomic E-state index is 0.0655. The molecule has 2 unspecified atom stereocenters. The van der Waals surface area contributed by atoms with Crippen LogP contribution < -0.4 is 14.8 Å². The van der Waals surface area contributed by atoms with Crippen LogP contribution in [-0.2, 0) is 14.3 Å². The Labute approximate surface area is 211 Å². The van der Waals surface area contributed by atoms with Gasteiger partial charge in [-0.2, -0.15) is 0 Å². The maximum absolute atomic E-state index is 13.8. The Morgan fingerprint density at radius 1 is 0.944 bits per heavy atom. The Balaban J connectivity index is 1.39. The summed E-state index contributed by atoms with van der Waals surface area (Å²) in [6.07, 6.45) is 6.19. The van der Waals surface area contributed by atoms with Gasteiger partial charge in [0.05, 0.1) is 5.57 Å². The SMILES string of the molecule is CC1=C(C(=O)OC2CCCCC2)C(c2ccc3c(c2)OCO3)C2=C(CC(c3ccccc3)CC2=O)N1. The second kappa shape index (κ2) is 9.49. The molecule has 0 aromatic heterocycles. The Morgan fingerprint density at radius 2 is 1.72 bits per heavy atom. The van der Waals surface area contributed by atoms with Gasteiger partial charge in [-0.15, -0.1) is 0 Å².